The van der Waals surface area contributed by atoms with E-state index in [1.807, 2.05) is 18.2 Å². The van der Waals surface area contributed by atoms with Gasteiger partial charge < -0.3 is 9.47 Å². The Morgan fingerprint density at radius 3 is 2.48 bits per heavy atom. The number of rotatable bonds is 7. The van der Waals surface area contributed by atoms with Gasteiger partial charge in [-0.1, -0.05) is 26.0 Å². The maximum absolute atomic E-state index is 12.9. The first kappa shape index (κ1) is 23.6. The van der Waals surface area contributed by atoms with Crippen LogP contribution >= 0.6 is 11.3 Å². The van der Waals surface area contributed by atoms with Gasteiger partial charge in [0.15, 0.2) is 0 Å². The van der Waals surface area contributed by atoms with Crippen LogP contribution in [0.2, 0.25) is 0 Å². The number of thiazole rings is 1. The minimum atomic E-state index is -3.71. The number of likely N-dealkylation sites (tertiary alicyclic amines) is 1. The van der Waals surface area contributed by atoms with Crippen molar-refractivity contribution in [2.75, 3.05) is 26.2 Å². The zero-order valence-corrected chi connectivity index (χ0v) is 20.4. The van der Waals surface area contributed by atoms with Gasteiger partial charge in [0.05, 0.1) is 20.1 Å². The summed E-state index contributed by atoms with van der Waals surface area (Å²) in [5.74, 6) is 0.133. The number of carbonyl (C=O) groups excluding carboxylic acids is 1. The number of fused-ring (bicyclic) bond motifs is 1. The lowest BCUT2D eigenvalue weighted by Crippen LogP contribution is -2.41. The highest BCUT2D eigenvalue weighted by Crippen LogP contribution is 2.33. The van der Waals surface area contributed by atoms with Gasteiger partial charge in [-0.15, -0.1) is 11.3 Å². The minimum absolute atomic E-state index is 0.0214. The molecule has 33 heavy (non-hydrogen) atoms. The number of nitrogens with zero attached hydrogens (tertiary/aromatic N) is 4. The number of piperidine rings is 1. The van der Waals surface area contributed by atoms with E-state index in [2.05, 4.69) is 6.07 Å². The SMILES string of the molecule is CCN(CC)S(=O)(=O)c1ccc(=O)n(CC(=O)N2CCC(c3nc4ccccc4s3)CC2)c1. The molecular formula is C23H28N4O4S2. The summed E-state index contributed by atoms with van der Waals surface area (Å²) >= 11 is 1.71. The molecule has 3 heterocycles. The number of hydrogen-bond donors (Lipinski definition) is 0. The Labute approximate surface area is 197 Å². The monoisotopic (exact) mass is 488 g/mol. The van der Waals surface area contributed by atoms with Gasteiger partial charge in [0.25, 0.3) is 5.56 Å². The lowest BCUT2D eigenvalue weighted by molar-refractivity contribution is -0.132. The van der Waals surface area contributed by atoms with Gasteiger partial charge in [-0.05, 0) is 31.0 Å². The number of para-hydroxylation sites is 1. The third-order valence-corrected chi connectivity index (χ3v) is 9.34. The molecule has 4 rings (SSSR count). The van der Waals surface area contributed by atoms with Crippen LogP contribution in [0.1, 0.15) is 37.6 Å². The van der Waals surface area contributed by atoms with Gasteiger partial charge in [0, 0.05) is 44.4 Å². The van der Waals surface area contributed by atoms with Gasteiger partial charge in [0.2, 0.25) is 15.9 Å². The average molecular weight is 489 g/mol. The molecule has 1 amide bonds. The summed E-state index contributed by atoms with van der Waals surface area (Å²) in [6, 6.07) is 10.6. The molecule has 0 bridgehead atoms. The molecule has 1 saturated heterocycles. The lowest BCUT2D eigenvalue weighted by atomic mass is 9.97. The molecule has 1 aromatic carbocycles. The number of amides is 1. The van der Waals surface area contributed by atoms with E-state index in [9.17, 15) is 18.0 Å². The first-order valence-corrected chi connectivity index (χ1v) is 13.4. The molecule has 0 spiro atoms. The highest BCUT2D eigenvalue weighted by molar-refractivity contribution is 7.89. The smallest absolute Gasteiger partial charge is 0.251 e. The van der Waals surface area contributed by atoms with Crippen molar-refractivity contribution >= 4 is 37.5 Å². The van der Waals surface area contributed by atoms with Crippen LogP contribution < -0.4 is 5.56 Å². The first-order valence-electron chi connectivity index (χ1n) is 11.2. The molecular weight excluding hydrogens is 460 g/mol. The molecule has 0 saturated carbocycles. The van der Waals surface area contributed by atoms with Crippen molar-refractivity contribution in [3.8, 4) is 0 Å². The lowest BCUT2D eigenvalue weighted by Gasteiger charge is -2.31. The van der Waals surface area contributed by atoms with Crippen LogP contribution in [0.15, 0.2) is 52.3 Å². The van der Waals surface area contributed by atoms with Crippen molar-refractivity contribution in [2.24, 2.45) is 0 Å². The maximum atomic E-state index is 12.9. The van der Waals surface area contributed by atoms with E-state index in [0.717, 1.165) is 23.4 Å². The van der Waals surface area contributed by atoms with E-state index >= 15 is 0 Å². The van der Waals surface area contributed by atoms with Crippen LogP contribution in [-0.2, 0) is 21.4 Å². The molecule has 1 aliphatic rings. The van der Waals surface area contributed by atoms with Gasteiger partial charge in [0.1, 0.15) is 6.54 Å². The summed E-state index contributed by atoms with van der Waals surface area (Å²) in [6.45, 7) is 5.20. The van der Waals surface area contributed by atoms with E-state index in [1.165, 1.54) is 31.9 Å². The number of hydrogen-bond acceptors (Lipinski definition) is 6. The van der Waals surface area contributed by atoms with E-state index < -0.39 is 15.6 Å². The third kappa shape index (κ3) is 4.87. The number of aromatic nitrogens is 2. The highest BCUT2D eigenvalue weighted by atomic mass is 32.2. The Morgan fingerprint density at radius 2 is 1.82 bits per heavy atom. The molecule has 0 N–H and O–H groups in total. The van der Waals surface area contributed by atoms with Crippen molar-refractivity contribution in [1.82, 2.24) is 18.8 Å². The fourth-order valence-electron chi connectivity index (χ4n) is 4.18. The molecule has 2 aromatic heterocycles. The minimum Gasteiger partial charge on any atom is -0.341 e. The predicted molar refractivity (Wildman–Crippen MR) is 129 cm³/mol. The molecule has 0 unspecified atom stereocenters. The zero-order chi connectivity index (χ0) is 23.6. The molecule has 0 aliphatic carbocycles. The molecule has 10 heteroatoms. The third-order valence-electron chi connectivity index (χ3n) is 6.11. The Balaban J connectivity index is 1.43. The predicted octanol–water partition coefficient (Wildman–Crippen LogP) is 2.89. The standard InChI is InChI=1S/C23H28N4O4S2/c1-3-27(4-2)33(30,31)18-9-10-21(28)26(15-18)16-22(29)25-13-11-17(12-14-25)23-24-19-7-5-6-8-20(19)32-23/h5-10,15,17H,3-4,11-14,16H2,1-2H3. The topological polar surface area (TPSA) is 92.6 Å². The Morgan fingerprint density at radius 1 is 1.12 bits per heavy atom. The second-order valence-corrected chi connectivity index (χ2v) is 11.1. The van der Waals surface area contributed by atoms with Crippen molar-refractivity contribution in [1.29, 1.82) is 0 Å². The molecule has 176 valence electrons. The zero-order valence-electron chi connectivity index (χ0n) is 18.8. The summed E-state index contributed by atoms with van der Waals surface area (Å²) in [5.41, 5.74) is 0.612. The fraction of sp³-hybridized carbons (Fsp3) is 0.435. The molecule has 3 aromatic rings. The molecule has 1 aliphatic heterocycles. The van der Waals surface area contributed by atoms with Crippen LogP contribution in [0.3, 0.4) is 0 Å². The Kier molecular flexibility index (Phi) is 6.96. The molecule has 8 nitrogen and oxygen atoms in total. The van der Waals surface area contributed by atoms with Crippen molar-refractivity contribution in [2.45, 2.75) is 44.0 Å². The summed E-state index contributed by atoms with van der Waals surface area (Å²) in [4.78, 5) is 31.8. The number of carbonyl (C=O) groups is 1. The fourth-order valence-corrected chi connectivity index (χ4v) is 6.80. The van der Waals surface area contributed by atoms with E-state index in [0.29, 0.717) is 32.1 Å². The summed E-state index contributed by atoms with van der Waals surface area (Å²) < 4.78 is 29.3. The van der Waals surface area contributed by atoms with E-state index in [1.54, 1.807) is 30.1 Å². The molecule has 0 atom stereocenters. The van der Waals surface area contributed by atoms with Crippen molar-refractivity contribution in [3.05, 3.63) is 58.0 Å². The number of sulfonamides is 1. The van der Waals surface area contributed by atoms with Crippen LogP contribution in [0, 0.1) is 0 Å². The van der Waals surface area contributed by atoms with Crippen LogP contribution in [0.25, 0.3) is 10.2 Å². The summed E-state index contributed by atoms with van der Waals surface area (Å²) in [6.07, 6.45) is 2.91. The molecule has 1 fully saturated rings. The Hall–Kier alpha value is -2.56. The van der Waals surface area contributed by atoms with Gasteiger partial charge in [-0.2, -0.15) is 4.31 Å². The Bertz CT molecular complexity index is 1270. The van der Waals surface area contributed by atoms with Gasteiger partial charge >= 0.3 is 0 Å². The van der Waals surface area contributed by atoms with E-state index in [-0.39, 0.29) is 17.3 Å². The summed E-state index contributed by atoms with van der Waals surface area (Å²) in [7, 11) is -3.71. The molecule has 0 radical (unpaired) electrons. The largest absolute Gasteiger partial charge is 0.341 e. The summed E-state index contributed by atoms with van der Waals surface area (Å²) in [5, 5.41) is 1.11. The van der Waals surface area contributed by atoms with E-state index in [4.69, 9.17) is 4.98 Å². The second-order valence-electron chi connectivity index (χ2n) is 8.10. The van der Waals surface area contributed by atoms with Crippen molar-refractivity contribution in [3.63, 3.8) is 0 Å². The van der Waals surface area contributed by atoms with Crippen LogP contribution in [0.5, 0.6) is 0 Å². The van der Waals surface area contributed by atoms with Crippen molar-refractivity contribution < 1.29 is 13.2 Å². The number of benzene rings is 1. The average Bonchev–Trinajstić information content (AvgIpc) is 3.25. The van der Waals surface area contributed by atoms with Gasteiger partial charge in [-0.25, -0.2) is 13.4 Å². The van der Waals surface area contributed by atoms with Crippen LogP contribution in [-0.4, -0.2) is 59.3 Å². The first-order chi connectivity index (χ1) is 15.8. The van der Waals surface area contributed by atoms with Gasteiger partial charge in [-0.3, -0.25) is 9.59 Å². The highest BCUT2D eigenvalue weighted by Gasteiger charge is 2.27. The maximum Gasteiger partial charge on any atom is 0.251 e. The second kappa shape index (κ2) is 9.74. The van der Waals surface area contributed by atoms with Crippen LogP contribution in [0.4, 0.5) is 0 Å². The normalized spacial score (nSPS) is 15.4. The quantitative estimate of drug-likeness (QED) is 0.510. The number of pyridine rings is 1.